The molecule has 1 aliphatic heterocycles. The minimum Gasteiger partial charge on any atom is -0.289 e. The third-order valence-electron chi connectivity index (χ3n) is 3.42. The van der Waals surface area contributed by atoms with Crippen LogP contribution in [0.2, 0.25) is 0 Å². The van der Waals surface area contributed by atoms with Gasteiger partial charge in [-0.3, -0.25) is 4.99 Å². The van der Waals surface area contributed by atoms with E-state index >= 15 is 0 Å². The van der Waals surface area contributed by atoms with Crippen LogP contribution in [0.25, 0.3) is 5.57 Å². The molecule has 0 aromatic heterocycles. The molecule has 0 fully saturated rings. The van der Waals surface area contributed by atoms with E-state index < -0.39 is 0 Å². The van der Waals surface area contributed by atoms with Gasteiger partial charge in [-0.15, -0.1) is 0 Å². The van der Waals surface area contributed by atoms with E-state index in [0.29, 0.717) is 0 Å². The monoisotopic (exact) mass is 339 g/mol. The molecule has 1 aliphatic rings. The summed E-state index contributed by atoms with van der Waals surface area (Å²) in [6, 6.07) is 4.45. The van der Waals surface area contributed by atoms with Gasteiger partial charge in [0, 0.05) is 15.8 Å². The molecule has 0 atom stereocenters. The highest BCUT2D eigenvalue weighted by molar-refractivity contribution is 14.1. The van der Waals surface area contributed by atoms with Gasteiger partial charge < -0.3 is 0 Å². The Morgan fingerprint density at radius 3 is 2.71 bits per heavy atom. The van der Waals surface area contributed by atoms with Gasteiger partial charge in [0.15, 0.2) is 0 Å². The van der Waals surface area contributed by atoms with Gasteiger partial charge in [-0.2, -0.15) is 0 Å². The molecule has 17 heavy (non-hydrogen) atoms. The fourth-order valence-corrected chi connectivity index (χ4v) is 3.12. The first-order valence-corrected chi connectivity index (χ1v) is 7.19. The number of hydrogen-bond donors (Lipinski definition) is 0. The summed E-state index contributed by atoms with van der Waals surface area (Å²) in [5, 5.41) is 0. The molecule has 1 nitrogen and oxygen atoms in total. The third kappa shape index (κ3) is 2.46. The van der Waals surface area contributed by atoms with Crippen LogP contribution in [0.3, 0.4) is 0 Å². The van der Waals surface area contributed by atoms with Crippen molar-refractivity contribution in [3.05, 3.63) is 38.5 Å². The number of aryl methyl sites for hydroxylation is 1. The van der Waals surface area contributed by atoms with Crippen LogP contribution in [-0.4, -0.2) is 12.3 Å². The summed E-state index contributed by atoms with van der Waals surface area (Å²) in [6.45, 7) is 7.48. The molecule has 1 aromatic carbocycles. The van der Waals surface area contributed by atoms with E-state index in [1.807, 2.05) is 0 Å². The van der Waals surface area contributed by atoms with Gasteiger partial charge in [0.2, 0.25) is 0 Å². The zero-order valence-electron chi connectivity index (χ0n) is 10.7. The Kier molecular flexibility index (Phi) is 4.02. The molecule has 2 heteroatoms. The molecule has 0 amide bonds. The van der Waals surface area contributed by atoms with Crippen molar-refractivity contribution in [3.63, 3.8) is 0 Å². The molecule has 0 aliphatic carbocycles. The molecule has 1 heterocycles. The Balaban J connectivity index is 2.49. The lowest BCUT2D eigenvalue weighted by molar-refractivity contribution is 0.951. The molecule has 0 bridgehead atoms. The van der Waals surface area contributed by atoms with Gasteiger partial charge in [-0.1, -0.05) is 18.2 Å². The lowest BCUT2D eigenvalue weighted by Gasteiger charge is -2.13. The van der Waals surface area contributed by atoms with Crippen molar-refractivity contribution in [2.75, 3.05) is 6.54 Å². The Morgan fingerprint density at radius 1 is 1.35 bits per heavy atom. The predicted molar refractivity (Wildman–Crippen MR) is 83.8 cm³/mol. The van der Waals surface area contributed by atoms with Crippen molar-refractivity contribution in [2.45, 2.75) is 33.6 Å². The van der Waals surface area contributed by atoms with Gasteiger partial charge in [0.05, 0.1) is 0 Å². The van der Waals surface area contributed by atoms with Crippen LogP contribution >= 0.6 is 22.6 Å². The molecule has 90 valence electrons. The predicted octanol–water partition coefficient (Wildman–Crippen LogP) is 4.55. The van der Waals surface area contributed by atoms with Gasteiger partial charge >= 0.3 is 0 Å². The lowest BCUT2D eigenvalue weighted by atomic mass is 9.96. The second-order valence-electron chi connectivity index (χ2n) is 4.50. The first-order chi connectivity index (χ1) is 8.15. The van der Waals surface area contributed by atoms with E-state index in [4.69, 9.17) is 0 Å². The van der Waals surface area contributed by atoms with E-state index in [2.05, 4.69) is 66.6 Å². The molecule has 2 rings (SSSR count). The standard InChI is InChI=1S/C15H18IN/c1-4-12(14-6-5-9-17-14)13-8-7-10(2)11(3)15(13)16/h4,7-8H,5-6,9H2,1-3H3/b12-4+. The van der Waals surface area contributed by atoms with Gasteiger partial charge in [-0.05, 0) is 78.5 Å². The lowest BCUT2D eigenvalue weighted by Crippen LogP contribution is -2.02. The number of hydrogen-bond acceptors (Lipinski definition) is 1. The first kappa shape index (κ1) is 12.8. The minimum atomic E-state index is 0.994. The maximum Gasteiger partial charge on any atom is 0.0424 e. The topological polar surface area (TPSA) is 12.4 Å². The fourth-order valence-electron chi connectivity index (χ4n) is 2.23. The van der Waals surface area contributed by atoms with Crippen molar-refractivity contribution < 1.29 is 0 Å². The molecule has 0 spiro atoms. The maximum absolute atomic E-state index is 4.62. The summed E-state index contributed by atoms with van der Waals surface area (Å²) < 4.78 is 1.37. The van der Waals surface area contributed by atoms with Crippen LogP contribution < -0.4 is 0 Å². The molecular formula is C15H18IN. The number of aliphatic imine (C=N–C) groups is 1. The SMILES string of the molecule is C/C=C(/C1=NCCC1)c1ccc(C)c(C)c1I. The summed E-state index contributed by atoms with van der Waals surface area (Å²) in [7, 11) is 0. The first-order valence-electron chi connectivity index (χ1n) is 6.11. The third-order valence-corrected chi connectivity index (χ3v) is 4.81. The van der Waals surface area contributed by atoms with Crippen molar-refractivity contribution in [2.24, 2.45) is 4.99 Å². The molecule has 0 saturated carbocycles. The molecule has 0 saturated heterocycles. The van der Waals surface area contributed by atoms with Gasteiger partial charge in [-0.25, -0.2) is 0 Å². The second-order valence-corrected chi connectivity index (χ2v) is 5.58. The van der Waals surface area contributed by atoms with Crippen LogP contribution in [0.1, 0.15) is 36.5 Å². The summed E-state index contributed by atoms with van der Waals surface area (Å²) in [5.41, 5.74) is 6.71. The van der Waals surface area contributed by atoms with E-state index in [0.717, 1.165) is 13.0 Å². The number of benzene rings is 1. The number of nitrogens with zero attached hydrogens (tertiary/aromatic N) is 1. The second kappa shape index (κ2) is 5.34. The highest BCUT2D eigenvalue weighted by Gasteiger charge is 2.16. The largest absolute Gasteiger partial charge is 0.289 e. The number of halogens is 1. The quantitative estimate of drug-likeness (QED) is 0.701. The number of rotatable bonds is 2. The Morgan fingerprint density at radius 2 is 2.12 bits per heavy atom. The Hall–Kier alpha value is -0.640. The molecule has 0 N–H and O–H groups in total. The summed E-state index contributed by atoms with van der Waals surface area (Å²) in [5.74, 6) is 0. The maximum atomic E-state index is 4.62. The number of allylic oxidation sites excluding steroid dienone is 2. The summed E-state index contributed by atoms with van der Waals surface area (Å²) >= 11 is 2.46. The smallest absolute Gasteiger partial charge is 0.0424 e. The van der Waals surface area contributed by atoms with Crippen molar-refractivity contribution in [1.82, 2.24) is 0 Å². The molecule has 0 unspecified atom stereocenters. The summed E-state index contributed by atoms with van der Waals surface area (Å²) in [6.07, 6.45) is 4.53. The van der Waals surface area contributed by atoms with Crippen LogP contribution in [0.5, 0.6) is 0 Å². The van der Waals surface area contributed by atoms with E-state index in [-0.39, 0.29) is 0 Å². The average Bonchev–Trinajstić information content (AvgIpc) is 2.84. The molecular weight excluding hydrogens is 321 g/mol. The fraction of sp³-hybridized carbons (Fsp3) is 0.400. The van der Waals surface area contributed by atoms with Crippen LogP contribution in [-0.2, 0) is 0 Å². The zero-order chi connectivity index (χ0) is 12.4. The average molecular weight is 339 g/mol. The molecule has 0 radical (unpaired) electrons. The van der Waals surface area contributed by atoms with E-state index in [1.54, 1.807) is 0 Å². The normalized spacial score (nSPS) is 16.2. The Labute approximate surface area is 117 Å². The van der Waals surface area contributed by atoms with Gasteiger partial charge in [0.25, 0.3) is 0 Å². The zero-order valence-corrected chi connectivity index (χ0v) is 12.8. The van der Waals surface area contributed by atoms with Crippen molar-refractivity contribution >= 4 is 33.9 Å². The van der Waals surface area contributed by atoms with Crippen LogP contribution in [0, 0.1) is 17.4 Å². The highest BCUT2D eigenvalue weighted by Crippen LogP contribution is 2.29. The van der Waals surface area contributed by atoms with Crippen molar-refractivity contribution in [1.29, 1.82) is 0 Å². The minimum absolute atomic E-state index is 0.994. The summed E-state index contributed by atoms with van der Waals surface area (Å²) in [4.78, 5) is 4.62. The van der Waals surface area contributed by atoms with E-state index in [1.165, 1.54) is 38.0 Å². The highest BCUT2D eigenvalue weighted by atomic mass is 127. The van der Waals surface area contributed by atoms with Gasteiger partial charge in [0.1, 0.15) is 0 Å². The Bertz CT molecular complexity index is 498. The van der Waals surface area contributed by atoms with Crippen LogP contribution in [0.15, 0.2) is 23.2 Å². The molecule has 1 aromatic rings. The van der Waals surface area contributed by atoms with Crippen molar-refractivity contribution in [3.8, 4) is 0 Å². The van der Waals surface area contributed by atoms with Crippen LogP contribution in [0.4, 0.5) is 0 Å². The van der Waals surface area contributed by atoms with E-state index in [9.17, 15) is 0 Å².